The number of pyridine rings is 1. The van der Waals surface area contributed by atoms with Crippen LogP contribution >= 0.6 is 0 Å². The molecule has 0 saturated carbocycles. The molecule has 0 fully saturated rings. The number of rotatable bonds is 6. The van der Waals surface area contributed by atoms with Crippen LogP contribution < -0.4 is 5.32 Å². The zero-order valence-electron chi connectivity index (χ0n) is 19.2. The van der Waals surface area contributed by atoms with Crippen molar-refractivity contribution in [3.05, 3.63) is 101 Å². The SMILES string of the molecule is CC[C@H](NC(=O)c1cc(-c2cccc(C)c2)nc2ccccc12)c1ccc(C(C)C)cc1. The van der Waals surface area contributed by atoms with Gasteiger partial charge in [-0.1, -0.05) is 87.0 Å². The first-order valence-electron chi connectivity index (χ1n) is 11.3. The van der Waals surface area contributed by atoms with E-state index < -0.39 is 0 Å². The standard InChI is InChI=1S/C29H30N2O/c1-5-26(22-15-13-21(14-16-22)19(2)3)31-29(32)25-18-28(23-10-8-9-20(4)17-23)30-27-12-7-6-11-24(25)27/h6-19,26H,5H2,1-4H3,(H,31,32)/t26-/m0/s1. The Morgan fingerprint density at radius 2 is 1.62 bits per heavy atom. The molecule has 162 valence electrons. The quantitative estimate of drug-likeness (QED) is 0.356. The molecule has 3 nitrogen and oxygen atoms in total. The first kappa shape index (κ1) is 21.8. The van der Waals surface area contributed by atoms with Gasteiger partial charge in [0.05, 0.1) is 22.8 Å². The lowest BCUT2D eigenvalue weighted by Crippen LogP contribution is -2.28. The molecule has 3 heteroatoms. The van der Waals surface area contributed by atoms with Gasteiger partial charge in [-0.05, 0) is 48.6 Å². The second-order valence-electron chi connectivity index (χ2n) is 8.70. The smallest absolute Gasteiger partial charge is 0.252 e. The van der Waals surface area contributed by atoms with Crippen LogP contribution in [0.4, 0.5) is 0 Å². The molecular weight excluding hydrogens is 392 g/mol. The highest BCUT2D eigenvalue weighted by atomic mass is 16.1. The third kappa shape index (κ3) is 4.57. The van der Waals surface area contributed by atoms with Gasteiger partial charge in [-0.25, -0.2) is 4.98 Å². The highest BCUT2D eigenvalue weighted by Gasteiger charge is 2.18. The normalized spacial score (nSPS) is 12.2. The van der Waals surface area contributed by atoms with Crippen molar-refractivity contribution in [2.45, 2.75) is 46.1 Å². The van der Waals surface area contributed by atoms with Crippen molar-refractivity contribution in [1.29, 1.82) is 0 Å². The molecule has 1 atom stereocenters. The second-order valence-corrected chi connectivity index (χ2v) is 8.70. The zero-order valence-corrected chi connectivity index (χ0v) is 19.2. The van der Waals surface area contributed by atoms with Crippen LogP contribution in [0.15, 0.2) is 78.9 Å². The van der Waals surface area contributed by atoms with E-state index in [9.17, 15) is 4.79 Å². The van der Waals surface area contributed by atoms with Crippen molar-refractivity contribution in [2.24, 2.45) is 0 Å². The minimum atomic E-state index is -0.0720. The Bertz CT molecular complexity index is 1240. The summed E-state index contributed by atoms with van der Waals surface area (Å²) in [6.45, 7) is 8.54. The predicted molar refractivity (Wildman–Crippen MR) is 133 cm³/mol. The highest BCUT2D eigenvalue weighted by Crippen LogP contribution is 2.27. The number of carbonyl (C=O) groups excluding carboxylic acids is 1. The molecule has 1 heterocycles. The van der Waals surface area contributed by atoms with Gasteiger partial charge >= 0.3 is 0 Å². The van der Waals surface area contributed by atoms with Gasteiger partial charge in [0.1, 0.15) is 0 Å². The Kier molecular flexibility index (Phi) is 6.36. The molecule has 32 heavy (non-hydrogen) atoms. The monoisotopic (exact) mass is 422 g/mol. The summed E-state index contributed by atoms with van der Waals surface area (Å²) < 4.78 is 0. The van der Waals surface area contributed by atoms with E-state index in [1.807, 2.05) is 42.5 Å². The Balaban J connectivity index is 1.70. The average Bonchev–Trinajstić information content (AvgIpc) is 2.81. The molecule has 1 aromatic heterocycles. The summed E-state index contributed by atoms with van der Waals surface area (Å²) in [4.78, 5) is 18.3. The maximum Gasteiger partial charge on any atom is 0.252 e. The van der Waals surface area contributed by atoms with E-state index in [0.717, 1.165) is 34.1 Å². The van der Waals surface area contributed by atoms with Crippen LogP contribution in [0, 0.1) is 6.92 Å². The lowest BCUT2D eigenvalue weighted by atomic mass is 9.97. The number of nitrogens with one attached hydrogen (secondary N) is 1. The lowest BCUT2D eigenvalue weighted by molar-refractivity contribution is 0.0937. The predicted octanol–water partition coefficient (Wildman–Crippen LogP) is 7.21. The van der Waals surface area contributed by atoms with Gasteiger partial charge in [0.25, 0.3) is 5.91 Å². The van der Waals surface area contributed by atoms with Gasteiger partial charge in [-0.15, -0.1) is 0 Å². The summed E-state index contributed by atoms with van der Waals surface area (Å²) in [5.74, 6) is 0.416. The first-order chi connectivity index (χ1) is 15.5. The fourth-order valence-corrected chi connectivity index (χ4v) is 4.09. The highest BCUT2D eigenvalue weighted by molar-refractivity contribution is 6.07. The number of aromatic nitrogens is 1. The van der Waals surface area contributed by atoms with Crippen LogP contribution in [0.1, 0.15) is 66.2 Å². The van der Waals surface area contributed by atoms with Crippen LogP contribution in [-0.2, 0) is 0 Å². The van der Waals surface area contributed by atoms with Gasteiger partial charge in [-0.3, -0.25) is 4.79 Å². The van der Waals surface area contributed by atoms with Crippen LogP contribution in [0.5, 0.6) is 0 Å². The van der Waals surface area contributed by atoms with Crippen molar-refractivity contribution in [1.82, 2.24) is 10.3 Å². The third-order valence-corrected chi connectivity index (χ3v) is 5.99. The molecule has 0 aliphatic carbocycles. The van der Waals surface area contributed by atoms with E-state index in [-0.39, 0.29) is 11.9 Å². The number of para-hydroxylation sites is 1. The fourth-order valence-electron chi connectivity index (χ4n) is 4.09. The zero-order chi connectivity index (χ0) is 22.7. The second kappa shape index (κ2) is 9.35. The molecule has 3 aromatic carbocycles. The number of carbonyl (C=O) groups is 1. The summed E-state index contributed by atoms with van der Waals surface area (Å²) in [5.41, 5.74) is 6.91. The van der Waals surface area contributed by atoms with E-state index in [4.69, 9.17) is 4.98 Å². The molecule has 0 bridgehead atoms. The molecule has 0 saturated heterocycles. The topological polar surface area (TPSA) is 42.0 Å². The Hall–Kier alpha value is -3.46. The molecule has 0 aliphatic rings. The summed E-state index contributed by atoms with van der Waals surface area (Å²) >= 11 is 0. The van der Waals surface area contributed by atoms with Crippen LogP contribution in [-0.4, -0.2) is 10.9 Å². The molecule has 0 radical (unpaired) electrons. The molecule has 1 amide bonds. The Labute approximate surface area is 190 Å². The fraction of sp³-hybridized carbons (Fsp3) is 0.241. The van der Waals surface area contributed by atoms with Crippen LogP contribution in [0.3, 0.4) is 0 Å². The largest absolute Gasteiger partial charge is 0.345 e. The van der Waals surface area contributed by atoms with E-state index in [2.05, 4.69) is 69.4 Å². The first-order valence-corrected chi connectivity index (χ1v) is 11.3. The van der Waals surface area contributed by atoms with Crippen molar-refractivity contribution in [2.75, 3.05) is 0 Å². The number of aryl methyl sites for hydroxylation is 1. The molecular formula is C29H30N2O. The molecule has 1 N–H and O–H groups in total. The van der Waals surface area contributed by atoms with Crippen LogP contribution in [0.25, 0.3) is 22.2 Å². The lowest BCUT2D eigenvalue weighted by Gasteiger charge is -2.19. The summed E-state index contributed by atoms with van der Waals surface area (Å²) in [7, 11) is 0. The third-order valence-electron chi connectivity index (χ3n) is 5.99. The average molecular weight is 423 g/mol. The van der Waals surface area contributed by atoms with Gasteiger partial charge in [-0.2, -0.15) is 0 Å². The number of hydrogen-bond donors (Lipinski definition) is 1. The van der Waals surface area contributed by atoms with E-state index in [0.29, 0.717) is 11.5 Å². The summed E-state index contributed by atoms with van der Waals surface area (Å²) in [6, 6.07) is 26.5. The van der Waals surface area contributed by atoms with E-state index in [1.165, 1.54) is 11.1 Å². The van der Waals surface area contributed by atoms with Crippen molar-refractivity contribution < 1.29 is 4.79 Å². The molecule has 0 aliphatic heterocycles. The van der Waals surface area contributed by atoms with Gasteiger partial charge in [0, 0.05) is 10.9 Å². The van der Waals surface area contributed by atoms with Gasteiger partial charge < -0.3 is 5.32 Å². The van der Waals surface area contributed by atoms with Gasteiger partial charge in [0.2, 0.25) is 0 Å². The van der Waals surface area contributed by atoms with E-state index >= 15 is 0 Å². The molecule has 0 unspecified atom stereocenters. The van der Waals surface area contributed by atoms with Crippen molar-refractivity contribution in [3.8, 4) is 11.3 Å². The maximum absolute atomic E-state index is 13.5. The molecule has 0 spiro atoms. The minimum absolute atomic E-state index is 0.0435. The Morgan fingerprint density at radius 3 is 2.31 bits per heavy atom. The van der Waals surface area contributed by atoms with Crippen LogP contribution in [0.2, 0.25) is 0 Å². The number of hydrogen-bond acceptors (Lipinski definition) is 2. The summed E-state index contributed by atoms with van der Waals surface area (Å²) in [5, 5.41) is 4.13. The maximum atomic E-state index is 13.5. The summed E-state index contributed by atoms with van der Waals surface area (Å²) in [6.07, 6.45) is 0.820. The molecule has 4 aromatic rings. The van der Waals surface area contributed by atoms with Gasteiger partial charge in [0.15, 0.2) is 0 Å². The number of benzene rings is 3. The van der Waals surface area contributed by atoms with Crippen molar-refractivity contribution >= 4 is 16.8 Å². The molecule has 4 rings (SSSR count). The minimum Gasteiger partial charge on any atom is -0.345 e. The number of fused-ring (bicyclic) bond motifs is 1. The van der Waals surface area contributed by atoms with E-state index in [1.54, 1.807) is 0 Å². The number of amides is 1. The number of nitrogens with zero attached hydrogens (tertiary/aromatic N) is 1. The van der Waals surface area contributed by atoms with Crippen molar-refractivity contribution in [3.63, 3.8) is 0 Å². The Morgan fingerprint density at radius 1 is 0.906 bits per heavy atom.